The smallest absolute Gasteiger partial charge is 0.138 e. The Morgan fingerprint density at radius 2 is 2.25 bits per heavy atom. The van der Waals surface area contributed by atoms with Gasteiger partial charge in [-0.25, -0.2) is 4.98 Å². The molecule has 1 aromatic heterocycles. The molecule has 16 heavy (non-hydrogen) atoms. The van der Waals surface area contributed by atoms with Crippen LogP contribution >= 0.6 is 0 Å². The lowest BCUT2D eigenvalue weighted by atomic mass is 9.96. The van der Waals surface area contributed by atoms with Crippen LogP contribution < -0.4 is 5.32 Å². The van der Waals surface area contributed by atoms with E-state index in [4.69, 9.17) is 4.74 Å². The molecule has 0 aliphatic carbocycles. The summed E-state index contributed by atoms with van der Waals surface area (Å²) in [5, 5.41) is 7.36. The molecular weight excluding hydrogens is 204 g/mol. The van der Waals surface area contributed by atoms with Gasteiger partial charge in [0.1, 0.15) is 12.2 Å². The summed E-state index contributed by atoms with van der Waals surface area (Å²) < 4.78 is 7.25. The van der Waals surface area contributed by atoms with Crippen LogP contribution in [0.5, 0.6) is 0 Å². The number of aromatic nitrogens is 3. The molecule has 0 fully saturated rings. The van der Waals surface area contributed by atoms with Gasteiger partial charge in [-0.1, -0.05) is 0 Å². The van der Waals surface area contributed by atoms with E-state index >= 15 is 0 Å². The van der Waals surface area contributed by atoms with E-state index in [0.717, 1.165) is 18.7 Å². The Bertz CT molecular complexity index is 322. The maximum Gasteiger partial charge on any atom is 0.138 e. The van der Waals surface area contributed by atoms with Crippen molar-refractivity contribution in [2.75, 3.05) is 14.2 Å². The van der Waals surface area contributed by atoms with Gasteiger partial charge in [0.2, 0.25) is 0 Å². The molecule has 0 saturated heterocycles. The summed E-state index contributed by atoms with van der Waals surface area (Å²) in [5.74, 6) is 0.992. The van der Waals surface area contributed by atoms with E-state index < -0.39 is 0 Å². The van der Waals surface area contributed by atoms with E-state index in [1.807, 2.05) is 18.8 Å². The standard InChI is InChI=1S/C11H22N4O/c1-11(2,16-5)7-9(12-3)6-10-13-8-14-15(10)4/h8-9,12H,6-7H2,1-5H3. The van der Waals surface area contributed by atoms with Gasteiger partial charge in [-0.05, 0) is 27.3 Å². The van der Waals surface area contributed by atoms with Gasteiger partial charge in [0.05, 0.1) is 5.60 Å². The highest BCUT2D eigenvalue weighted by Crippen LogP contribution is 2.17. The predicted molar refractivity (Wildman–Crippen MR) is 63.3 cm³/mol. The predicted octanol–water partition coefficient (Wildman–Crippen LogP) is 0.761. The Balaban J connectivity index is 2.59. The van der Waals surface area contributed by atoms with Crippen LogP contribution in [0, 0.1) is 0 Å². The van der Waals surface area contributed by atoms with E-state index in [2.05, 4.69) is 29.2 Å². The van der Waals surface area contributed by atoms with Crippen molar-refractivity contribution in [1.29, 1.82) is 0 Å². The largest absolute Gasteiger partial charge is 0.379 e. The molecule has 1 rings (SSSR count). The lowest BCUT2D eigenvalue weighted by Gasteiger charge is -2.28. The number of nitrogens with zero attached hydrogens (tertiary/aromatic N) is 3. The number of ether oxygens (including phenoxy) is 1. The Morgan fingerprint density at radius 1 is 1.56 bits per heavy atom. The zero-order chi connectivity index (χ0) is 12.2. The molecule has 1 N–H and O–H groups in total. The van der Waals surface area contributed by atoms with Gasteiger partial charge in [0.25, 0.3) is 0 Å². The zero-order valence-corrected chi connectivity index (χ0v) is 10.8. The third-order valence-corrected chi connectivity index (χ3v) is 2.93. The van der Waals surface area contributed by atoms with Gasteiger partial charge in [-0.15, -0.1) is 0 Å². The molecule has 1 unspecified atom stereocenters. The van der Waals surface area contributed by atoms with E-state index in [-0.39, 0.29) is 5.60 Å². The zero-order valence-electron chi connectivity index (χ0n) is 10.8. The highest BCUT2D eigenvalue weighted by Gasteiger charge is 2.23. The summed E-state index contributed by atoms with van der Waals surface area (Å²) in [6.07, 6.45) is 3.39. The molecule has 1 heterocycles. The van der Waals surface area contributed by atoms with Crippen molar-refractivity contribution in [1.82, 2.24) is 20.1 Å². The molecule has 5 nitrogen and oxygen atoms in total. The Hall–Kier alpha value is -0.940. The molecule has 0 aromatic carbocycles. The van der Waals surface area contributed by atoms with Crippen molar-refractivity contribution in [2.24, 2.45) is 7.05 Å². The molecule has 1 atom stereocenters. The third-order valence-electron chi connectivity index (χ3n) is 2.93. The van der Waals surface area contributed by atoms with E-state index in [1.165, 1.54) is 0 Å². The van der Waals surface area contributed by atoms with Crippen molar-refractivity contribution in [2.45, 2.75) is 38.3 Å². The van der Waals surface area contributed by atoms with Gasteiger partial charge in [0, 0.05) is 26.6 Å². The number of rotatable bonds is 6. The van der Waals surface area contributed by atoms with Crippen LogP contribution in [0.3, 0.4) is 0 Å². The number of methoxy groups -OCH3 is 1. The van der Waals surface area contributed by atoms with Crippen molar-refractivity contribution < 1.29 is 4.74 Å². The Kier molecular flexibility index (Phi) is 4.44. The van der Waals surface area contributed by atoms with Gasteiger partial charge in [-0.3, -0.25) is 4.68 Å². The second kappa shape index (κ2) is 5.41. The van der Waals surface area contributed by atoms with Crippen molar-refractivity contribution in [3.63, 3.8) is 0 Å². The highest BCUT2D eigenvalue weighted by molar-refractivity contribution is 4.91. The average Bonchev–Trinajstić information content (AvgIpc) is 2.63. The van der Waals surface area contributed by atoms with Gasteiger partial charge >= 0.3 is 0 Å². The minimum absolute atomic E-state index is 0.119. The molecule has 92 valence electrons. The lowest BCUT2D eigenvalue weighted by Crippen LogP contribution is -2.37. The van der Waals surface area contributed by atoms with Crippen LogP contribution in [-0.4, -0.2) is 40.6 Å². The molecule has 0 radical (unpaired) electrons. The van der Waals surface area contributed by atoms with E-state index in [1.54, 1.807) is 13.4 Å². The molecule has 0 aliphatic rings. The number of hydrogen-bond acceptors (Lipinski definition) is 4. The molecule has 0 amide bonds. The minimum atomic E-state index is -0.119. The first-order valence-electron chi connectivity index (χ1n) is 5.54. The third kappa shape index (κ3) is 3.57. The van der Waals surface area contributed by atoms with Gasteiger partial charge in [-0.2, -0.15) is 5.10 Å². The molecule has 0 aliphatic heterocycles. The lowest BCUT2D eigenvalue weighted by molar-refractivity contribution is 0.00752. The Labute approximate surface area is 97.2 Å². The first kappa shape index (κ1) is 13.1. The fraction of sp³-hybridized carbons (Fsp3) is 0.818. The molecule has 5 heteroatoms. The quantitative estimate of drug-likeness (QED) is 0.778. The summed E-state index contributed by atoms with van der Waals surface area (Å²) >= 11 is 0. The maximum absolute atomic E-state index is 5.44. The minimum Gasteiger partial charge on any atom is -0.379 e. The normalized spacial score (nSPS) is 14.1. The molecule has 0 saturated carbocycles. The van der Waals surface area contributed by atoms with Crippen molar-refractivity contribution in [3.8, 4) is 0 Å². The topological polar surface area (TPSA) is 52.0 Å². The summed E-state index contributed by atoms with van der Waals surface area (Å²) in [4.78, 5) is 4.23. The van der Waals surface area contributed by atoms with Gasteiger partial charge < -0.3 is 10.1 Å². The van der Waals surface area contributed by atoms with Crippen LogP contribution in [0.1, 0.15) is 26.1 Å². The fourth-order valence-electron chi connectivity index (χ4n) is 1.68. The van der Waals surface area contributed by atoms with Crippen LogP contribution in [0.2, 0.25) is 0 Å². The maximum atomic E-state index is 5.44. The highest BCUT2D eigenvalue weighted by atomic mass is 16.5. The van der Waals surface area contributed by atoms with Crippen LogP contribution in [-0.2, 0) is 18.2 Å². The monoisotopic (exact) mass is 226 g/mol. The summed E-state index contributed by atoms with van der Waals surface area (Å²) in [6.45, 7) is 4.18. The second-order valence-corrected chi connectivity index (χ2v) is 4.66. The van der Waals surface area contributed by atoms with E-state index in [9.17, 15) is 0 Å². The first-order valence-corrected chi connectivity index (χ1v) is 5.54. The van der Waals surface area contributed by atoms with Gasteiger partial charge in [0.15, 0.2) is 0 Å². The first-order chi connectivity index (χ1) is 7.48. The molecule has 0 bridgehead atoms. The fourth-order valence-corrected chi connectivity index (χ4v) is 1.68. The van der Waals surface area contributed by atoms with Crippen molar-refractivity contribution in [3.05, 3.63) is 12.2 Å². The second-order valence-electron chi connectivity index (χ2n) is 4.66. The van der Waals surface area contributed by atoms with E-state index in [0.29, 0.717) is 6.04 Å². The number of likely N-dealkylation sites (N-methyl/N-ethyl adjacent to an activating group) is 1. The van der Waals surface area contributed by atoms with Crippen molar-refractivity contribution >= 4 is 0 Å². The molecular formula is C11H22N4O. The Morgan fingerprint density at radius 3 is 2.69 bits per heavy atom. The number of hydrogen-bond donors (Lipinski definition) is 1. The number of aryl methyl sites for hydroxylation is 1. The molecule has 1 aromatic rings. The summed E-state index contributed by atoms with van der Waals surface area (Å²) in [6, 6.07) is 0.345. The summed E-state index contributed by atoms with van der Waals surface area (Å²) in [5.41, 5.74) is -0.119. The average molecular weight is 226 g/mol. The van der Waals surface area contributed by atoms with Crippen LogP contribution in [0.15, 0.2) is 6.33 Å². The van der Waals surface area contributed by atoms with Crippen LogP contribution in [0.4, 0.5) is 0 Å². The summed E-state index contributed by atoms with van der Waals surface area (Å²) in [7, 11) is 5.62. The van der Waals surface area contributed by atoms with Crippen LogP contribution in [0.25, 0.3) is 0 Å². The SMILES string of the molecule is CNC(Cc1ncnn1C)CC(C)(C)OC. The number of nitrogens with one attached hydrogen (secondary N) is 1. The molecule has 0 spiro atoms.